The van der Waals surface area contributed by atoms with E-state index in [-0.39, 0.29) is 0 Å². The van der Waals surface area contributed by atoms with Crippen molar-refractivity contribution in [2.75, 3.05) is 42.3 Å². The van der Waals surface area contributed by atoms with E-state index in [2.05, 4.69) is 36.9 Å². The molecule has 0 radical (unpaired) electrons. The minimum Gasteiger partial charge on any atom is -0.382 e. The molecule has 3 N–H and O–H groups in total. The summed E-state index contributed by atoms with van der Waals surface area (Å²) in [7, 11) is 0. The SMILES string of the molecule is Nc1nc(Nc2ccc(N3CCOCC3)cc2)nc2c1ncn2C1CCCCC1. The third-order valence-corrected chi connectivity index (χ3v) is 5.92. The minimum absolute atomic E-state index is 0.414. The summed E-state index contributed by atoms with van der Waals surface area (Å²) in [6, 6.07) is 8.77. The van der Waals surface area contributed by atoms with Gasteiger partial charge in [-0.15, -0.1) is 0 Å². The second kappa shape index (κ2) is 7.87. The van der Waals surface area contributed by atoms with Crippen molar-refractivity contribution >= 4 is 34.3 Å². The van der Waals surface area contributed by atoms with E-state index in [0.717, 1.165) is 37.6 Å². The van der Waals surface area contributed by atoms with Crippen LogP contribution >= 0.6 is 0 Å². The van der Waals surface area contributed by atoms with Crippen molar-refractivity contribution in [2.45, 2.75) is 38.1 Å². The Balaban J connectivity index is 1.38. The zero-order valence-electron chi connectivity index (χ0n) is 16.5. The molecule has 1 aromatic carbocycles. The lowest BCUT2D eigenvalue weighted by atomic mass is 9.95. The molecule has 0 bridgehead atoms. The van der Waals surface area contributed by atoms with Gasteiger partial charge in [-0.25, -0.2) is 4.98 Å². The molecule has 152 valence electrons. The Morgan fingerprint density at radius 1 is 1.00 bits per heavy atom. The summed E-state index contributed by atoms with van der Waals surface area (Å²) in [5, 5.41) is 3.30. The first-order chi connectivity index (χ1) is 14.3. The van der Waals surface area contributed by atoms with Crippen molar-refractivity contribution in [3.8, 4) is 0 Å². The van der Waals surface area contributed by atoms with Crippen LogP contribution in [0.2, 0.25) is 0 Å². The fraction of sp³-hybridized carbons (Fsp3) is 0.476. The molecule has 1 saturated heterocycles. The summed E-state index contributed by atoms with van der Waals surface area (Å²) >= 11 is 0. The van der Waals surface area contributed by atoms with Crippen LogP contribution in [0.5, 0.6) is 0 Å². The van der Waals surface area contributed by atoms with Gasteiger partial charge in [0.15, 0.2) is 11.5 Å². The Labute approximate surface area is 170 Å². The predicted molar refractivity (Wildman–Crippen MR) is 115 cm³/mol. The molecule has 2 aromatic heterocycles. The summed E-state index contributed by atoms with van der Waals surface area (Å²) < 4.78 is 7.61. The van der Waals surface area contributed by atoms with Crippen LogP contribution in [-0.4, -0.2) is 45.8 Å². The monoisotopic (exact) mass is 393 g/mol. The Morgan fingerprint density at radius 2 is 1.76 bits per heavy atom. The molecular formula is C21H27N7O. The van der Waals surface area contributed by atoms with Crippen LogP contribution in [0, 0.1) is 0 Å². The van der Waals surface area contributed by atoms with E-state index in [4.69, 9.17) is 15.5 Å². The molecule has 0 unspecified atom stereocenters. The quantitative estimate of drug-likeness (QED) is 0.700. The molecule has 1 saturated carbocycles. The highest BCUT2D eigenvalue weighted by Crippen LogP contribution is 2.31. The number of imidazole rings is 1. The highest BCUT2D eigenvalue weighted by molar-refractivity contribution is 5.83. The standard InChI is InChI=1S/C21H27N7O/c22-19-18-20(28(14-23-18)17-4-2-1-3-5-17)26-21(25-19)24-15-6-8-16(9-7-15)27-10-12-29-13-11-27/h6-9,14,17H,1-5,10-13H2,(H3,22,24,25,26). The smallest absolute Gasteiger partial charge is 0.231 e. The molecule has 5 rings (SSSR count). The average molecular weight is 393 g/mol. The van der Waals surface area contributed by atoms with Crippen LogP contribution < -0.4 is 16.0 Å². The van der Waals surface area contributed by atoms with Crippen LogP contribution in [0.4, 0.5) is 23.1 Å². The van der Waals surface area contributed by atoms with E-state index < -0.39 is 0 Å². The van der Waals surface area contributed by atoms with Gasteiger partial charge in [0, 0.05) is 30.5 Å². The Bertz CT molecular complexity index is 973. The fourth-order valence-electron chi connectivity index (χ4n) is 4.33. The Hall–Kier alpha value is -2.87. The van der Waals surface area contributed by atoms with Crippen LogP contribution in [-0.2, 0) is 4.74 Å². The summed E-state index contributed by atoms with van der Waals surface area (Å²) in [4.78, 5) is 16.0. The number of aromatic nitrogens is 4. The summed E-state index contributed by atoms with van der Waals surface area (Å²) in [6.45, 7) is 3.41. The van der Waals surface area contributed by atoms with Crippen LogP contribution in [0.1, 0.15) is 38.1 Å². The van der Waals surface area contributed by atoms with Crippen molar-refractivity contribution in [3.63, 3.8) is 0 Å². The van der Waals surface area contributed by atoms with E-state index >= 15 is 0 Å². The number of nitrogens with one attached hydrogen (secondary N) is 1. The van der Waals surface area contributed by atoms with Crippen LogP contribution in [0.3, 0.4) is 0 Å². The van der Waals surface area contributed by atoms with Crippen molar-refractivity contribution in [3.05, 3.63) is 30.6 Å². The van der Waals surface area contributed by atoms with Gasteiger partial charge in [0.05, 0.1) is 19.5 Å². The number of anilines is 4. The number of morpholine rings is 1. The second-order valence-corrected chi connectivity index (χ2v) is 7.82. The summed E-state index contributed by atoms with van der Waals surface area (Å²) in [5.74, 6) is 0.920. The second-order valence-electron chi connectivity index (χ2n) is 7.82. The van der Waals surface area contributed by atoms with Gasteiger partial charge in [0.1, 0.15) is 5.52 Å². The number of nitrogens with two attached hydrogens (primary N) is 1. The average Bonchev–Trinajstić information content (AvgIpc) is 3.20. The number of hydrogen-bond donors (Lipinski definition) is 2. The third kappa shape index (κ3) is 3.72. The van der Waals surface area contributed by atoms with Gasteiger partial charge < -0.3 is 25.3 Å². The summed E-state index contributed by atoms with van der Waals surface area (Å²) in [6.07, 6.45) is 8.03. The van der Waals surface area contributed by atoms with E-state index in [1.807, 2.05) is 18.5 Å². The molecule has 0 atom stereocenters. The molecule has 8 nitrogen and oxygen atoms in total. The Kier molecular flexibility index (Phi) is 4.93. The number of nitrogens with zero attached hydrogens (tertiary/aromatic N) is 5. The van der Waals surface area contributed by atoms with Gasteiger partial charge in [-0.2, -0.15) is 9.97 Å². The first-order valence-corrected chi connectivity index (χ1v) is 10.5. The molecule has 2 fully saturated rings. The van der Waals surface area contributed by atoms with Crippen molar-refractivity contribution in [2.24, 2.45) is 0 Å². The summed E-state index contributed by atoms with van der Waals surface area (Å²) in [5.41, 5.74) is 9.82. The van der Waals surface area contributed by atoms with Gasteiger partial charge in [0.2, 0.25) is 5.95 Å². The van der Waals surface area contributed by atoms with Crippen LogP contribution in [0.15, 0.2) is 30.6 Å². The van der Waals surface area contributed by atoms with Gasteiger partial charge >= 0.3 is 0 Å². The van der Waals surface area contributed by atoms with Gasteiger partial charge in [-0.1, -0.05) is 19.3 Å². The number of fused-ring (bicyclic) bond motifs is 1. The molecule has 0 spiro atoms. The first kappa shape index (κ1) is 18.2. The number of benzene rings is 1. The molecule has 3 aromatic rings. The zero-order valence-corrected chi connectivity index (χ0v) is 16.5. The first-order valence-electron chi connectivity index (χ1n) is 10.5. The number of rotatable bonds is 4. The highest BCUT2D eigenvalue weighted by atomic mass is 16.5. The van der Waals surface area contributed by atoms with E-state index in [0.29, 0.717) is 23.3 Å². The molecule has 0 amide bonds. The lowest BCUT2D eigenvalue weighted by Gasteiger charge is -2.28. The van der Waals surface area contributed by atoms with Gasteiger partial charge in [-0.3, -0.25) is 0 Å². The maximum atomic E-state index is 6.19. The van der Waals surface area contributed by atoms with Crippen molar-refractivity contribution in [1.29, 1.82) is 0 Å². The van der Waals surface area contributed by atoms with E-state index in [9.17, 15) is 0 Å². The molecule has 1 aliphatic carbocycles. The van der Waals surface area contributed by atoms with Gasteiger partial charge in [-0.05, 0) is 37.1 Å². The predicted octanol–water partition coefficient (Wildman–Crippen LogP) is 3.49. The zero-order chi connectivity index (χ0) is 19.6. The third-order valence-electron chi connectivity index (χ3n) is 5.92. The lowest BCUT2D eigenvalue weighted by Crippen LogP contribution is -2.36. The number of hydrogen-bond acceptors (Lipinski definition) is 7. The van der Waals surface area contributed by atoms with Gasteiger partial charge in [0.25, 0.3) is 0 Å². The maximum absolute atomic E-state index is 6.19. The normalized spacial score (nSPS) is 18.3. The molecule has 1 aliphatic heterocycles. The Morgan fingerprint density at radius 3 is 2.52 bits per heavy atom. The van der Waals surface area contributed by atoms with Crippen LogP contribution in [0.25, 0.3) is 11.2 Å². The minimum atomic E-state index is 0.414. The molecule has 3 heterocycles. The van der Waals surface area contributed by atoms with E-state index in [1.54, 1.807) is 0 Å². The van der Waals surface area contributed by atoms with Crippen molar-refractivity contribution < 1.29 is 4.74 Å². The van der Waals surface area contributed by atoms with Crippen molar-refractivity contribution in [1.82, 2.24) is 19.5 Å². The molecule has 29 heavy (non-hydrogen) atoms. The maximum Gasteiger partial charge on any atom is 0.231 e. The molecule has 2 aliphatic rings. The fourth-order valence-corrected chi connectivity index (χ4v) is 4.33. The molecule has 8 heteroatoms. The molecular weight excluding hydrogens is 366 g/mol. The topological polar surface area (TPSA) is 94.1 Å². The lowest BCUT2D eigenvalue weighted by molar-refractivity contribution is 0.122. The number of nitrogen functional groups attached to an aromatic ring is 1. The number of ether oxygens (including phenoxy) is 1. The van der Waals surface area contributed by atoms with E-state index in [1.165, 1.54) is 37.8 Å². The highest BCUT2D eigenvalue weighted by Gasteiger charge is 2.20. The largest absolute Gasteiger partial charge is 0.382 e.